The normalized spacial score (nSPS) is 20.4. The van der Waals surface area contributed by atoms with Gasteiger partial charge in [0.1, 0.15) is 0 Å². The smallest absolute Gasteiger partial charge is 0.0351 e. The molecule has 22 heavy (non-hydrogen) atoms. The highest BCUT2D eigenvalue weighted by Crippen LogP contribution is 2.41. The molecule has 0 aromatic carbocycles. The molecule has 1 fully saturated rings. The van der Waals surface area contributed by atoms with Crippen LogP contribution in [0, 0.1) is 22.7 Å². The van der Waals surface area contributed by atoms with Crippen LogP contribution >= 0.6 is 0 Å². The molecule has 0 heteroatoms. The van der Waals surface area contributed by atoms with Crippen molar-refractivity contribution in [2.24, 2.45) is 22.7 Å². The summed E-state index contributed by atoms with van der Waals surface area (Å²) >= 11 is 0. The molecular weight excluding hydrogens is 264 g/mol. The fourth-order valence-corrected chi connectivity index (χ4v) is 2.33. The Morgan fingerprint density at radius 3 is 1.77 bits per heavy atom. The third kappa shape index (κ3) is 16.1. The van der Waals surface area contributed by atoms with E-state index >= 15 is 0 Å². The second kappa shape index (κ2) is 11.3. The maximum absolute atomic E-state index is 3.67. The van der Waals surface area contributed by atoms with Gasteiger partial charge in [-0.05, 0) is 48.9 Å². The monoisotopic (exact) mass is 310 g/mol. The van der Waals surface area contributed by atoms with Crippen LogP contribution in [0.15, 0.2) is 12.2 Å². The first-order chi connectivity index (χ1) is 9.84. The lowest BCUT2D eigenvalue weighted by Gasteiger charge is -2.37. The molecule has 0 heterocycles. The Morgan fingerprint density at radius 2 is 1.59 bits per heavy atom. The van der Waals surface area contributed by atoms with Gasteiger partial charge < -0.3 is 0 Å². The maximum atomic E-state index is 3.67. The largest absolute Gasteiger partial charge is 0.100 e. The quantitative estimate of drug-likeness (QED) is 0.450. The predicted octanol–water partition coefficient (Wildman–Crippen LogP) is 8.27. The van der Waals surface area contributed by atoms with Gasteiger partial charge in [0.05, 0.1) is 0 Å². The lowest BCUT2D eigenvalue weighted by atomic mass is 9.69. The average Bonchev–Trinajstić information content (AvgIpc) is 2.38. The molecule has 0 aromatic heterocycles. The lowest BCUT2D eigenvalue weighted by molar-refractivity contribution is 0.147. The van der Waals surface area contributed by atoms with E-state index < -0.39 is 0 Å². The van der Waals surface area contributed by atoms with Crippen LogP contribution in [0.4, 0.5) is 0 Å². The molecule has 0 radical (unpaired) electrons. The molecule has 0 bridgehead atoms. The van der Waals surface area contributed by atoms with Gasteiger partial charge in [-0.25, -0.2) is 0 Å². The van der Waals surface area contributed by atoms with Gasteiger partial charge in [-0.15, -0.1) is 6.58 Å². The zero-order chi connectivity index (χ0) is 18.0. The summed E-state index contributed by atoms with van der Waals surface area (Å²) in [6.07, 6.45) is 8.20. The Morgan fingerprint density at radius 1 is 1.18 bits per heavy atom. The van der Waals surface area contributed by atoms with E-state index in [2.05, 4.69) is 68.9 Å². The van der Waals surface area contributed by atoms with E-state index in [0.717, 1.165) is 18.3 Å². The Kier molecular flexibility index (Phi) is 12.3. The molecule has 1 atom stereocenters. The Balaban J connectivity index is 0. The van der Waals surface area contributed by atoms with Gasteiger partial charge >= 0.3 is 0 Å². The van der Waals surface area contributed by atoms with Gasteiger partial charge in [-0.1, -0.05) is 87.1 Å². The Hall–Kier alpha value is -0.260. The molecule has 0 nitrogen and oxygen atoms in total. The number of hydrogen-bond acceptors (Lipinski definition) is 0. The summed E-state index contributed by atoms with van der Waals surface area (Å²) in [6, 6.07) is 0. The van der Waals surface area contributed by atoms with Crippen molar-refractivity contribution in [1.29, 1.82) is 0 Å². The predicted molar refractivity (Wildman–Crippen MR) is 105 cm³/mol. The molecule has 0 aromatic rings. The second-order valence-corrected chi connectivity index (χ2v) is 9.49. The van der Waals surface area contributed by atoms with Crippen molar-refractivity contribution in [2.45, 2.75) is 108 Å². The highest BCUT2D eigenvalue weighted by Gasteiger charge is 2.29. The first-order valence-corrected chi connectivity index (χ1v) is 9.49. The molecule has 1 saturated carbocycles. The van der Waals surface area contributed by atoms with Gasteiger partial charge in [0.25, 0.3) is 0 Å². The first-order valence-electron chi connectivity index (χ1n) is 9.49. The highest BCUT2D eigenvalue weighted by atomic mass is 14.3. The van der Waals surface area contributed by atoms with Crippen molar-refractivity contribution in [3.8, 4) is 0 Å². The van der Waals surface area contributed by atoms with Crippen LogP contribution in [0.1, 0.15) is 108 Å². The summed E-state index contributed by atoms with van der Waals surface area (Å²) in [7, 11) is 0. The summed E-state index contributed by atoms with van der Waals surface area (Å²) in [4.78, 5) is 0. The Labute approximate surface area is 143 Å². The van der Waals surface area contributed by atoms with Gasteiger partial charge in [-0.3, -0.25) is 0 Å². The SMILES string of the molecule is C=C(C)CC.CC(C)C1CCCC(C)(C)C1.CCC(C)(C)C. The topological polar surface area (TPSA) is 0 Å². The van der Waals surface area contributed by atoms with Crippen molar-refractivity contribution < 1.29 is 0 Å². The lowest BCUT2D eigenvalue weighted by Crippen LogP contribution is -2.25. The fourth-order valence-electron chi connectivity index (χ4n) is 2.33. The molecule has 1 unspecified atom stereocenters. The molecule has 1 rings (SSSR count). The van der Waals surface area contributed by atoms with E-state index in [4.69, 9.17) is 0 Å². The molecule has 0 amide bonds. The molecule has 0 aliphatic heterocycles. The van der Waals surface area contributed by atoms with Gasteiger partial charge in [0.2, 0.25) is 0 Å². The number of allylic oxidation sites excluding steroid dienone is 1. The molecular formula is C22H46. The van der Waals surface area contributed by atoms with Crippen LogP contribution in [-0.4, -0.2) is 0 Å². The minimum atomic E-state index is 0.542. The van der Waals surface area contributed by atoms with Gasteiger partial charge in [0.15, 0.2) is 0 Å². The molecule has 1 aliphatic carbocycles. The van der Waals surface area contributed by atoms with Crippen molar-refractivity contribution in [1.82, 2.24) is 0 Å². The standard InChI is InChI=1S/C11H22.C6H14.C5H10/c1-9(2)10-6-5-7-11(3,4)8-10;1-5-6(2,3)4;1-4-5(2)3/h9-10H,5-8H2,1-4H3;5H2,1-4H3;2,4H2,1,3H3. The van der Waals surface area contributed by atoms with Crippen molar-refractivity contribution in [2.75, 3.05) is 0 Å². The van der Waals surface area contributed by atoms with E-state index in [0.29, 0.717) is 10.8 Å². The van der Waals surface area contributed by atoms with Crippen LogP contribution in [0.25, 0.3) is 0 Å². The van der Waals surface area contributed by atoms with Crippen molar-refractivity contribution >= 4 is 0 Å². The van der Waals surface area contributed by atoms with E-state index in [1.54, 1.807) is 0 Å². The molecule has 0 saturated heterocycles. The number of rotatable bonds is 2. The third-order valence-corrected chi connectivity index (χ3v) is 4.85. The first kappa shape index (κ1) is 24.0. The minimum Gasteiger partial charge on any atom is -0.100 e. The van der Waals surface area contributed by atoms with Gasteiger partial charge in [0, 0.05) is 0 Å². The Bertz CT molecular complexity index is 275. The maximum Gasteiger partial charge on any atom is -0.0351 e. The van der Waals surface area contributed by atoms with Crippen LogP contribution in [0.5, 0.6) is 0 Å². The highest BCUT2D eigenvalue weighted by molar-refractivity contribution is 4.84. The zero-order valence-corrected chi connectivity index (χ0v) is 17.6. The van der Waals surface area contributed by atoms with Crippen LogP contribution in [0.2, 0.25) is 0 Å². The van der Waals surface area contributed by atoms with Crippen LogP contribution in [0.3, 0.4) is 0 Å². The third-order valence-electron chi connectivity index (χ3n) is 4.85. The van der Waals surface area contributed by atoms with Crippen LogP contribution in [-0.2, 0) is 0 Å². The van der Waals surface area contributed by atoms with E-state index in [1.807, 2.05) is 6.92 Å². The molecule has 0 spiro atoms. The molecule has 0 N–H and O–H groups in total. The summed E-state index contributed by atoms with van der Waals surface area (Å²) in [6.45, 7) is 26.3. The molecule has 134 valence electrons. The van der Waals surface area contributed by atoms with Gasteiger partial charge in [-0.2, -0.15) is 0 Å². The van der Waals surface area contributed by atoms with Crippen LogP contribution < -0.4 is 0 Å². The summed E-state index contributed by atoms with van der Waals surface area (Å²) in [5, 5.41) is 0. The van der Waals surface area contributed by atoms with E-state index in [9.17, 15) is 0 Å². The minimum absolute atomic E-state index is 0.542. The second-order valence-electron chi connectivity index (χ2n) is 9.49. The summed E-state index contributed by atoms with van der Waals surface area (Å²) < 4.78 is 0. The van der Waals surface area contributed by atoms with E-state index in [-0.39, 0.29) is 0 Å². The van der Waals surface area contributed by atoms with Crippen molar-refractivity contribution in [3.63, 3.8) is 0 Å². The summed E-state index contributed by atoms with van der Waals surface area (Å²) in [5.74, 6) is 1.90. The average molecular weight is 311 g/mol. The molecule has 1 aliphatic rings. The number of hydrogen-bond donors (Lipinski definition) is 0. The zero-order valence-electron chi connectivity index (χ0n) is 17.6. The fraction of sp³-hybridized carbons (Fsp3) is 0.909. The summed E-state index contributed by atoms with van der Waals surface area (Å²) in [5.41, 5.74) is 2.43. The van der Waals surface area contributed by atoms with E-state index in [1.165, 1.54) is 37.7 Å². The van der Waals surface area contributed by atoms with Crippen molar-refractivity contribution in [3.05, 3.63) is 12.2 Å².